The van der Waals surface area contributed by atoms with Crippen molar-refractivity contribution in [1.82, 2.24) is 10.2 Å². The Kier molecular flexibility index (Phi) is 9.86. The second-order valence-electron chi connectivity index (χ2n) is 10.6. The normalized spacial score (nSPS) is 15.5. The first-order chi connectivity index (χ1) is 19.6. The highest BCUT2D eigenvalue weighted by Gasteiger charge is 2.26. The molecule has 3 aromatic rings. The standard InChI is InChI=1S/C32H35F2N3O4/c1-21(2)37(30(32(40)41)18-31(38)39)28-11-5-23(6-12-28)19-35-13-14-36-20-24-7-10-27(34)16-25(24)17-29(36)15-22-3-8-26(33)9-4-22/h3-12,16,18,21,29,35H,13-15,17,19-20H2,1-2H3,(H,38,39)(H,40,41)/b30-18-. The van der Waals surface area contributed by atoms with E-state index in [1.165, 1.54) is 23.1 Å². The van der Waals surface area contributed by atoms with Crippen molar-refractivity contribution in [2.24, 2.45) is 0 Å². The SMILES string of the molecule is CC(C)N(/C(=C\C(=O)O)C(=O)O)c1ccc(CNCCN2Cc3ccc(F)cc3CC2Cc2ccc(F)cc2)cc1. The lowest BCUT2D eigenvalue weighted by atomic mass is 9.90. The zero-order valence-electron chi connectivity index (χ0n) is 23.2. The Labute approximate surface area is 238 Å². The molecule has 0 saturated heterocycles. The topological polar surface area (TPSA) is 93.1 Å². The van der Waals surface area contributed by atoms with Crippen LogP contribution in [0, 0.1) is 11.6 Å². The van der Waals surface area contributed by atoms with Gasteiger partial charge in [0, 0.05) is 44.0 Å². The van der Waals surface area contributed by atoms with Crippen LogP contribution >= 0.6 is 0 Å². The van der Waals surface area contributed by atoms with E-state index in [2.05, 4.69) is 10.2 Å². The molecule has 0 radical (unpaired) electrons. The maximum absolute atomic E-state index is 13.9. The minimum atomic E-state index is -1.32. The van der Waals surface area contributed by atoms with Crippen molar-refractivity contribution in [3.05, 3.63) is 112 Å². The zero-order chi connectivity index (χ0) is 29.5. The smallest absolute Gasteiger partial charge is 0.352 e. The van der Waals surface area contributed by atoms with Gasteiger partial charge in [-0.3, -0.25) is 4.90 Å². The Bertz CT molecular complexity index is 1390. The van der Waals surface area contributed by atoms with Gasteiger partial charge in [-0.2, -0.15) is 0 Å². The summed E-state index contributed by atoms with van der Waals surface area (Å²) in [6.07, 6.45) is 2.16. The Morgan fingerprint density at radius 2 is 1.63 bits per heavy atom. The number of hydrogen-bond donors (Lipinski definition) is 3. The van der Waals surface area contributed by atoms with Crippen molar-refractivity contribution in [2.75, 3.05) is 18.0 Å². The fraction of sp³-hybridized carbons (Fsp3) is 0.312. The summed E-state index contributed by atoms with van der Waals surface area (Å²) in [5, 5.41) is 22.2. The molecule has 0 aromatic heterocycles. The van der Waals surface area contributed by atoms with Gasteiger partial charge in [-0.05, 0) is 85.3 Å². The van der Waals surface area contributed by atoms with Crippen LogP contribution in [-0.2, 0) is 35.5 Å². The molecule has 1 atom stereocenters. The van der Waals surface area contributed by atoms with Crippen LogP contribution in [0.5, 0.6) is 0 Å². The molecule has 1 heterocycles. The lowest BCUT2D eigenvalue weighted by Crippen LogP contribution is -2.44. The number of carboxylic acids is 2. The van der Waals surface area contributed by atoms with Gasteiger partial charge in [0.15, 0.2) is 0 Å². The number of carboxylic acid groups (broad SMARTS) is 2. The molecule has 0 amide bonds. The Balaban J connectivity index is 1.39. The number of halogens is 2. The fourth-order valence-corrected chi connectivity index (χ4v) is 5.32. The Morgan fingerprint density at radius 1 is 0.976 bits per heavy atom. The van der Waals surface area contributed by atoms with E-state index in [1.54, 1.807) is 44.2 Å². The summed E-state index contributed by atoms with van der Waals surface area (Å²) < 4.78 is 27.3. The van der Waals surface area contributed by atoms with Gasteiger partial charge in [-0.15, -0.1) is 0 Å². The summed E-state index contributed by atoms with van der Waals surface area (Å²) in [5.41, 5.74) is 4.45. The van der Waals surface area contributed by atoms with Crippen LogP contribution in [0.3, 0.4) is 0 Å². The van der Waals surface area contributed by atoms with Crippen LogP contribution in [0.25, 0.3) is 0 Å². The van der Waals surface area contributed by atoms with E-state index in [0.29, 0.717) is 37.8 Å². The monoisotopic (exact) mass is 563 g/mol. The number of nitrogens with zero attached hydrogens (tertiary/aromatic N) is 2. The lowest BCUT2D eigenvalue weighted by Gasteiger charge is -2.37. The average molecular weight is 564 g/mol. The predicted molar refractivity (Wildman–Crippen MR) is 154 cm³/mol. The molecule has 0 aliphatic carbocycles. The highest BCUT2D eigenvalue weighted by Crippen LogP contribution is 2.27. The van der Waals surface area contributed by atoms with E-state index < -0.39 is 11.9 Å². The molecule has 1 unspecified atom stereocenters. The molecule has 1 aliphatic heterocycles. The number of anilines is 1. The van der Waals surface area contributed by atoms with E-state index in [9.17, 15) is 23.5 Å². The minimum absolute atomic E-state index is 0.153. The van der Waals surface area contributed by atoms with Gasteiger partial charge >= 0.3 is 11.9 Å². The zero-order valence-corrected chi connectivity index (χ0v) is 23.2. The molecule has 0 fully saturated rings. The maximum Gasteiger partial charge on any atom is 0.352 e. The summed E-state index contributed by atoms with van der Waals surface area (Å²) in [7, 11) is 0. The number of benzene rings is 3. The summed E-state index contributed by atoms with van der Waals surface area (Å²) in [6, 6.07) is 18.7. The Morgan fingerprint density at radius 3 is 2.27 bits per heavy atom. The van der Waals surface area contributed by atoms with Gasteiger partial charge in [0.1, 0.15) is 17.3 Å². The van der Waals surface area contributed by atoms with Crippen LogP contribution < -0.4 is 10.2 Å². The fourth-order valence-electron chi connectivity index (χ4n) is 5.32. The number of aliphatic carboxylic acids is 2. The molecule has 4 rings (SSSR count). The summed E-state index contributed by atoms with van der Waals surface area (Å²) in [5.74, 6) is -3.14. The quantitative estimate of drug-likeness (QED) is 0.211. The third-order valence-electron chi connectivity index (χ3n) is 7.27. The van der Waals surface area contributed by atoms with Gasteiger partial charge in [0.2, 0.25) is 0 Å². The first kappa shape index (κ1) is 29.9. The highest BCUT2D eigenvalue weighted by atomic mass is 19.1. The van der Waals surface area contributed by atoms with Crippen LogP contribution in [-0.4, -0.2) is 52.2 Å². The molecule has 3 N–H and O–H groups in total. The van der Waals surface area contributed by atoms with Crippen molar-refractivity contribution in [3.8, 4) is 0 Å². The van der Waals surface area contributed by atoms with Crippen LogP contribution in [0.4, 0.5) is 14.5 Å². The molecular weight excluding hydrogens is 528 g/mol. The second-order valence-corrected chi connectivity index (χ2v) is 10.6. The average Bonchev–Trinajstić information content (AvgIpc) is 2.92. The number of fused-ring (bicyclic) bond motifs is 1. The van der Waals surface area contributed by atoms with Gasteiger partial charge in [-0.25, -0.2) is 18.4 Å². The van der Waals surface area contributed by atoms with Gasteiger partial charge < -0.3 is 20.4 Å². The second kappa shape index (κ2) is 13.5. The predicted octanol–water partition coefficient (Wildman–Crippen LogP) is 4.99. The molecule has 1 aliphatic rings. The summed E-state index contributed by atoms with van der Waals surface area (Å²) >= 11 is 0. The third-order valence-corrected chi connectivity index (χ3v) is 7.27. The number of nitrogens with one attached hydrogen (secondary N) is 1. The van der Waals surface area contributed by atoms with E-state index in [4.69, 9.17) is 5.11 Å². The number of rotatable bonds is 12. The molecule has 0 saturated carbocycles. The molecule has 9 heteroatoms. The molecule has 7 nitrogen and oxygen atoms in total. The maximum atomic E-state index is 13.9. The molecule has 3 aromatic carbocycles. The first-order valence-corrected chi connectivity index (χ1v) is 13.6. The van der Waals surface area contributed by atoms with Crippen LogP contribution in [0.1, 0.15) is 36.1 Å². The van der Waals surface area contributed by atoms with Crippen molar-refractivity contribution < 1.29 is 28.6 Å². The first-order valence-electron chi connectivity index (χ1n) is 13.6. The van der Waals surface area contributed by atoms with Crippen molar-refractivity contribution in [2.45, 2.75) is 51.9 Å². The highest BCUT2D eigenvalue weighted by molar-refractivity contribution is 5.98. The van der Waals surface area contributed by atoms with Gasteiger partial charge in [-0.1, -0.05) is 30.3 Å². The minimum Gasteiger partial charge on any atom is -0.478 e. The molecule has 216 valence electrons. The van der Waals surface area contributed by atoms with Gasteiger partial charge in [0.05, 0.1) is 6.08 Å². The van der Waals surface area contributed by atoms with Crippen molar-refractivity contribution >= 4 is 17.6 Å². The van der Waals surface area contributed by atoms with E-state index in [-0.39, 0.29) is 29.4 Å². The molecule has 0 spiro atoms. The molecule has 41 heavy (non-hydrogen) atoms. The number of hydrogen-bond acceptors (Lipinski definition) is 5. The van der Waals surface area contributed by atoms with E-state index in [1.807, 2.05) is 18.2 Å². The molecular formula is C32H35F2N3O4. The van der Waals surface area contributed by atoms with Crippen LogP contribution in [0.15, 0.2) is 78.5 Å². The third kappa shape index (κ3) is 7.99. The summed E-state index contributed by atoms with van der Waals surface area (Å²) in [4.78, 5) is 26.8. The Hall–Kier alpha value is -4.08. The van der Waals surface area contributed by atoms with E-state index >= 15 is 0 Å². The van der Waals surface area contributed by atoms with Gasteiger partial charge in [0.25, 0.3) is 0 Å². The summed E-state index contributed by atoms with van der Waals surface area (Å²) in [6.45, 7) is 6.38. The van der Waals surface area contributed by atoms with E-state index in [0.717, 1.165) is 35.2 Å². The van der Waals surface area contributed by atoms with Crippen molar-refractivity contribution in [3.63, 3.8) is 0 Å². The van der Waals surface area contributed by atoms with Crippen molar-refractivity contribution in [1.29, 1.82) is 0 Å². The number of carbonyl (C=O) groups is 2. The largest absolute Gasteiger partial charge is 0.478 e. The molecule has 0 bridgehead atoms. The van der Waals surface area contributed by atoms with Crippen LogP contribution in [0.2, 0.25) is 0 Å². The lowest BCUT2D eigenvalue weighted by molar-refractivity contribution is -0.135.